The van der Waals surface area contributed by atoms with Crippen molar-refractivity contribution in [2.45, 2.75) is 13.1 Å². The van der Waals surface area contributed by atoms with E-state index in [1.165, 1.54) is 0 Å². The van der Waals surface area contributed by atoms with E-state index < -0.39 is 0 Å². The number of aromatic amines is 1. The molecule has 80 valence electrons. The van der Waals surface area contributed by atoms with Gasteiger partial charge in [-0.15, -0.1) is 0 Å². The van der Waals surface area contributed by atoms with Gasteiger partial charge in [-0.1, -0.05) is 6.07 Å². The first-order valence-corrected chi connectivity index (χ1v) is 5.09. The highest BCUT2D eigenvalue weighted by Crippen LogP contribution is 2.13. The summed E-state index contributed by atoms with van der Waals surface area (Å²) in [5.74, 6) is 0.535. The maximum atomic E-state index is 11.7. The Balaban J connectivity index is 2.17. The molecule has 0 atom stereocenters. The van der Waals surface area contributed by atoms with Crippen LogP contribution in [0.5, 0.6) is 0 Å². The number of H-pyrrole nitrogens is 1. The van der Waals surface area contributed by atoms with Crippen molar-refractivity contribution in [1.82, 2.24) is 20.3 Å². The van der Waals surface area contributed by atoms with Gasteiger partial charge in [0.2, 0.25) is 0 Å². The molecule has 0 fully saturated rings. The number of aromatic nitrogens is 3. The van der Waals surface area contributed by atoms with Crippen molar-refractivity contribution in [3.05, 3.63) is 46.0 Å². The van der Waals surface area contributed by atoms with Crippen LogP contribution in [-0.4, -0.2) is 15.0 Å². The number of rotatable bonds is 1. The van der Waals surface area contributed by atoms with E-state index in [0.717, 1.165) is 11.3 Å². The molecule has 0 saturated carbocycles. The normalized spacial score (nSPS) is 13.8. The first-order valence-electron chi connectivity index (χ1n) is 5.09. The third-order valence-corrected chi connectivity index (χ3v) is 2.60. The van der Waals surface area contributed by atoms with E-state index >= 15 is 0 Å². The van der Waals surface area contributed by atoms with Crippen molar-refractivity contribution in [1.29, 1.82) is 0 Å². The van der Waals surface area contributed by atoms with Gasteiger partial charge >= 0.3 is 0 Å². The number of fused-ring (bicyclic) bond motifs is 1. The van der Waals surface area contributed by atoms with E-state index in [1.54, 1.807) is 6.20 Å². The Hall–Kier alpha value is -2.01. The summed E-state index contributed by atoms with van der Waals surface area (Å²) in [7, 11) is 0. The van der Waals surface area contributed by atoms with Crippen LogP contribution < -0.4 is 10.9 Å². The zero-order valence-electron chi connectivity index (χ0n) is 8.53. The van der Waals surface area contributed by atoms with E-state index in [0.29, 0.717) is 24.6 Å². The Bertz CT molecular complexity index is 576. The monoisotopic (exact) mass is 214 g/mol. The predicted molar refractivity (Wildman–Crippen MR) is 58.6 cm³/mol. The smallest absolute Gasteiger partial charge is 0.256 e. The lowest BCUT2D eigenvalue weighted by Crippen LogP contribution is -2.15. The topological polar surface area (TPSA) is 70.7 Å². The average molecular weight is 214 g/mol. The highest BCUT2D eigenvalue weighted by atomic mass is 16.1. The maximum absolute atomic E-state index is 11.7. The lowest BCUT2D eigenvalue weighted by Gasteiger charge is -2.01. The van der Waals surface area contributed by atoms with Gasteiger partial charge in [-0.3, -0.25) is 9.78 Å². The molecule has 2 N–H and O–H groups in total. The fraction of sp³-hybridized carbons (Fsp3) is 0.182. The van der Waals surface area contributed by atoms with E-state index in [4.69, 9.17) is 0 Å². The van der Waals surface area contributed by atoms with Gasteiger partial charge in [0.15, 0.2) is 5.82 Å². The van der Waals surface area contributed by atoms with Crippen molar-refractivity contribution in [2.75, 3.05) is 0 Å². The third kappa shape index (κ3) is 1.42. The molecule has 1 aliphatic heterocycles. The van der Waals surface area contributed by atoms with E-state index in [1.807, 2.05) is 18.2 Å². The molecule has 3 heterocycles. The molecular weight excluding hydrogens is 204 g/mol. The lowest BCUT2D eigenvalue weighted by molar-refractivity contribution is 0.757. The first-order chi connectivity index (χ1) is 7.84. The van der Waals surface area contributed by atoms with Crippen molar-refractivity contribution >= 4 is 0 Å². The number of nitrogens with zero attached hydrogens (tertiary/aromatic N) is 2. The summed E-state index contributed by atoms with van der Waals surface area (Å²) in [5.41, 5.74) is 2.18. The molecule has 2 aromatic rings. The van der Waals surface area contributed by atoms with Gasteiger partial charge in [0.05, 0.1) is 11.3 Å². The third-order valence-electron chi connectivity index (χ3n) is 2.60. The molecule has 0 bridgehead atoms. The molecule has 0 amide bonds. The van der Waals surface area contributed by atoms with E-state index in [-0.39, 0.29) is 5.56 Å². The van der Waals surface area contributed by atoms with Crippen molar-refractivity contribution in [3.8, 4) is 11.5 Å². The van der Waals surface area contributed by atoms with Gasteiger partial charge in [-0.25, -0.2) is 4.98 Å². The van der Waals surface area contributed by atoms with E-state index in [9.17, 15) is 4.79 Å². The zero-order chi connectivity index (χ0) is 11.0. The Labute approximate surface area is 91.6 Å². The highest BCUT2D eigenvalue weighted by molar-refractivity contribution is 5.49. The molecule has 1 aliphatic rings. The molecule has 3 rings (SSSR count). The van der Waals surface area contributed by atoms with Crippen LogP contribution in [-0.2, 0) is 13.1 Å². The van der Waals surface area contributed by atoms with Crippen LogP contribution in [0.15, 0.2) is 29.2 Å². The predicted octanol–water partition coefficient (Wildman–Crippen LogP) is 0.435. The summed E-state index contributed by atoms with van der Waals surface area (Å²) in [5, 5.41) is 3.10. The molecule has 0 radical (unpaired) electrons. The molecule has 0 aromatic carbocycles. The minimum atomic E-state index is -0.0735. The van der Waals surface area contributed by atoms with E-state index in [2.05, 4.69) is 20.3 Å². The Kier molecular flexibility index (Phi) is 2.04. The Morgan fingerprint density at radius 1 is 1.25 bits per heavy atom. The second kappa shape index (κ2) is 3.53. The van der Waals surface area contributed by atoms with Gasteiger partial charge < -0.3 is 10.3 Å². The van der Waals surface area contributed by atoms with Gasteiger partial charge in [-0.2, -0.15) is 0 Å². The summed E-state index contributed by atoms with van der Waals surface area (Å²) >= 11 is 0. The van der Waals surface area contributed by atoms with Gasteiger partial charge in [0, 0.05) is 19.3 Å². The number of hydrogen-bond acceptors (Lipinski definition) is 4. The number of pyridine rings is 1. The van der Waals surface area contributed by atoms with Crippen molar-refractivity contribution in [3.63, 3.8) is 0 Å². The quantitative estimate of drug-likeness (QED) is 0.722. The molecule has 16 heavy (non-hydrogen) atoms. The van der Waals surface area contributed by atoms with Crippen LogP contribution in [0.4, 0.5) is 0 Å². The summed E-state index contributed by atoms with van der Waals surface area (Å²) in [6, 6.07) is 5.53. The van der Waals surface area contributed by atoms with Crippen LogP contribution in [0.25, 0.3) is 11.5 Å². The maximum Gasteiger partial charge on any atom is 0.256 e. The lowest BCUT2D eigenvalue weighted by atomic mass is 10.2. The molecule has 5 nitrogen and oxygen atoms in total. The molecule has 0 aliphatic carbocycles. The molecule has 0 spiro atoms. The van der Waals surface area contributed by atoms with Crippen molar-refractivity contribution < 1.29 is 0 Å². The second-order valence-corrected chi connectivity index (χ2v) is 3.66. The summed E-state index contributed by atoms with van der Waals surface area (Å²) in [6.45, 7) is 1.25. The summed E-state index contributed by atoms with van der Waals surface area (Å²) < 4.78 is 0. The fourth-order valence-corrected chi connectivity index (χ4v) is 1.80. The van der Waals surface area contributed by atoms with Crippen LogP contribution in [0.1, 0.15) is 11.3 Å². The number of nitrogens with one attached hydrogen (secondary N) is 2. The number of hydrogen-bond donors (Lipinski definition) is 2. The SMILES string of the molecule is O=c1[nH]c(-c2ccccn2)nc2c1CNC2. The van der Waals surface area contributed by atoms with Gasteiger partial charge in [0.25, 0.3) is 5.56 Å². The van der Waals surface area contributed by atoms with Crippen LogP contribution in [0.2, 0.25) is 0 Å². The largest absolute Gasteiger partial charge is 0.307 e. The Morgan fingerprint density at radius 2 is 2.19 bits per heavy atom. The molecule has 5 heteroatoms. The fourth-order valence-electron chi connectivity index (χ4n) is 1.80. The Morgan fingerprint density at radius 3 is 3.00 bits per heavy atom. The molecule has 0 unspecified atom stereocenters. The van der Waals surface area contributed by atoms with Crippen molar-refractivity contribution in [2.24, 2.45) is 0 Å². The van der Waals surface area contributed by atoms with Crippen LogP contribution in [0.3, 0.4) is 0 Å². The molecule has 2 aromatic heterocycles. The summed E-state index contributed by atoms with van der Waals surface area (Å²) in [6.07, 6.45) is 1.68. The van der Waals surface area contributed by atoms with Gasteiger partial charge in [0.1, 0.15) is 5.69 Å². The minimum Gasteiger partial charge on any atom is -0.307 e. The van der Waals surface area contributed by atoms with Crippen LogP contribution >= 0.6 is 0 Å². The summed E-state index contributed by atoms with van der Waals surface area (Å²) in [4.78, 5) is 23.1. The molecule has 0 saturated heterocycles. The van der Waals surface area contributed by atoms with Crippen LogP contribution in [0, 0.1) is 0 Å². The average Bonchev–Trinajstić information content (AvgIpc) is 2.79. The standard InChI is InChI=1S/C11H10N4O/c16-11-7-5-12-6-9(7)14-10(15-11)8-3-1-2-4-13-8/h1-4,12H,5-6H2,(H,14,15,16). The highest BCUT2D eigenvalue weighted by Gasteiger charge is 2.17. The van der Waals surface area contributed by atoms with Gasteiger partial charge in [-0.05, 0) is 12.1 Å². The molecular formula is C11H10N4O. The second-order valence-electron chi connectivity index (χ2n) is 3.66. The zero-order valence-corrected chi connectivity index (χ0v) is 8.53. The minimum absolute atomic E-state index is 0.0735. The first kappa shape index (κ1) is 9.23.